The average molecular weight is 443 g/mol. The predicted octanol–water partition coefficient (Wildman–Crippen LogP) is 4.29. The summed E-state index contributed by atoms with van der Waals surface area (Å²) in [6, 6.07) is 20.4. The number of para-hydroxylation sites is 1. The van der Waals surface area contributed by atoms with Crippen molar-refractivity contribution in [1.29, 1.82) is 0 Å². The first-order valence-corrected chi connectivity index (χ1v) is 11.8. The van der Waals surface area contributed by atoms with E-state index >= 15 is 0 Å². The number of nitrogens with zero attached hydrogens (tertiary/aromatic N) is 4. The van der Waals surface area contributed by atoms with Crippen LogP contribution in [0.2, 0.25) is 0 Å². The molecule has 1 aromatic heterocycles. The number of aromatic nitrogens is 2. The predicted molar refractivity (Wildman–Crippen MR) is 128 cm³/mol. The van der Waals surface area contributed by atoms with Crippen LogP contribution in [0.5, 0.6) is 0 Å². The Morgan fingerprint density at radius 3 is 2.39 bits per heavy atom. The number of hydrogen-bond donors (Lipinski definition) is 0. The van der Waals surface area contributed by atoms with E-state index in [-0.39, 0.29) is 17.7 Å². The van der Waals surface area contributed by atoms with Crippen molar-refractivity contribution in [1.82, 2.24) is 19.6 Å². The van der Waals surface area contributed by atoms with Gasteiger partial charge in [0.2, 0.25) is 11.8 Å². The smallest absolute Gasteiger partial charge is 0.228 e. The van der Waals surface area contributed by atoms with Gasteiger partial charge in [0, 0.05) is 49.9 Å². The average Bonchev–Trinajstić information content (AvgIpc) is 3.60. The lowest BCUT2D eigenvalue weighted by molar-refractivity contribution is -0.135. The fourth-order valence-corrected chi connectivity index (χ4v) is 5.19. The maximum absolute atomic E-state index is 13.3. The molecule has 2 heterocycles. The molecule has 1 aliphatic carbocycles. The van der Waals surface area contributed by atoms with E-state index in [9.17, 15) is 9.59 Å². The fourth-order valence-electron chi connectivity index (χ4n) is 5.19. The first-order valence-electron chi connectivity index (χ1n) is 11.8. The van der Waals surface area contributed by atoms with Gasteiger partial charge in [-0.1, -0.05) is 61.4 Å². The Balaban J connectivity index is 1.36. The number of likely N-dealkylation sites (tertiary alicyclic amines) is 1. The van der Waals surface area contributed by atoms with Crippen molar-refractivity contribution in [3.8, 4) is 16.9 Å². The number of benzene rings is 2. The van der Waals surface area contributed by atoms with Gasteiger partial charge in [0.15, 0.2) is 0 Å². The standard InChI is InChI=1S/C27H30N4O2/c1-29(27(33)21-16-25(32)30(18-21)23-12-8-9-13-23)17-22-19-31(24-14-6-3-7-15-24)28-26(22)20-10-4-2-5-11-20/h2-7,10-11,14-15,19,21,23H,8-9,12-13,16-18H2,1H3. The molecule has 0 bridgehead atoms. The molecule has 1 saturated heterocycles. The molecule has 1 atom stereocenters. The van der Waals surface area contributed by atoms with E-state index < -0.39 is 0 Å². The van der Waals surface area contributed by atoms with Gasteiger partial charge in [-0.05, 0) is 25.0 Å². The molecule has 0 spiro atoms. The van der Waals surface area contributed by atoms with Crippen molar-refractivity contribution >= 4 is 11.8 Å². The molecule has 2 amide bonds. The number of rotatable bonds is 6. The molecule has 6 heteroatoms. The molecule has 1 saturated carbocycles. The molecule has 6 nitrogen and oxygen atoms in total. The highest BCUT2D eigenvalue weighted by molar-refractivity contribution is 5.89. The minimum atomic E-state index is -0.257. The molecule has 170 valence electrons. The van der Waals surface area contributed by atoms with E-state index in [4.69, 9.17) is 5.10 Å². The van der Waals surface area contributed by atoms with Gasteiger partial charge >= 0.3 is 0 Å². The van der Waals surface area contributed by atoms with Crippen molar-refractivity contribution in [3.05, 3.63) is 72.4 Å². The number of amides is 2. The number of carbonyl (C=O) groups is 2. The summed E-state index contributed by atoms with van der Waals surface area (Å²) < 4.78 is 1.87. The summed E-state index contributed by atoms with van der Waals surface area (Å²) in [6.45, 7) is 1.01. The Morgan fingerprint density at radius 1 is 1.03 bits per heavy atom. The van der Waals surface area contributed by atoms with Crippen LogP contribution in [0, 0.1) is 5.92 Å². The van der Waals surface area contributed by atoms with E-state index in [0.717, 1.165) is 35.3 Å². The monoisotopic (exact) mass is 442 g/mol. The summed E-state index contributed by atoms with van der Waals surface area (Å²) in [5, 5.41) is 4.85. The second-order valence-electron chi connectivity index (χ2n) is 9.23. The zero-order valence-corrected chi connectivity index (χ0v) is 19.1. The first-order chi connectivity index (χ1) is 16.1. The summed E-state index contributed by atoms with van der Waals surface area (Å²) >= 11 is 0. The molecule has 2 aromatic carbocycles. The van der Waals surface area contributed by atoms with E-state index in [2.05, 4.69) is 0 Å². The minimum Gasteiger partial charge on any atom is -0.341 e. The van der Waals surface area contributed by atoms with Crippen LogP contribution in [0.3, 0.4) is 0 Å². The SMILES string of the molecule is CN(Cc1cn(-c2ccccc2)nc1-c1ccccc1)C(=O)C1CC(=O)N(C2CCCC2)C1. The fraction of sp³-hybridized carbons (Fsp3) is 0.370. The first kappa shape index (κ1) is 21.4. The van der Waals surface area contributed by atoms with Crippen molar-refractivity contribution in [2.45, 2.75) is 44.7 Å². The van der Waals surface area contributed by atoms with Crippen molar-refractivity contribution in [2.24, 2.45) is 5.92 Å². The quantitative estimate of drug-likeness (QED) is 0.572. The number of hydrogen-bond acceptors (Lipinski definition) is 3. The second kappa shape index (κ2) is 9.22. The molecule has 2 fully saturated rings. The van der Waals surface area contributed by atoms with Crippen LogP contribution in [0.15, 0.2) is 66.9 Å². The van der Waals surface area contributed by atoms with Gasteiger partial charge in [0.05, 0.1) is 17.3 Å². The Morgan fingerprint density at radius 2 is 1.70 bits per heavy atom. The van der Waals surface area contributed by atoms with Gasteiger partial charge < -0.3 is 9.80 Å². The molecule has 1 unspecified atom stereocenters. The highest BCUT2D eigenvalue weighted by Gasteiger charge is 2.39. The minimum absolute atomic E-state index is 0.0373. The normalized spacial score (nSPS) is 18.8. The lowest BCUT2D eigenvalue weighted by Gasteiger charge is -2.25. The second-order valence-corrected chi connectivity index (χ2v) is 9.23. The summed E-state index contributed by atoms with van der Waals surface area (Å²) in [6.07, 6.45) is 6.84. The third kappa shape index (κ3) is 4.42. The Bertz CT molecular complexity index is 1120. The molecular formula is C27H30N4O2. The molecule has 0 radical (unpaired) electrons. The van der Waals surface area contributed by atoms with Crippen LogP contribution in [0.1, 0.15) is 37.7 Å². The van der Waals surface area contributed by atoms with E-state index in [0.29, 0.717) is 25.6 Å². The van der Waals surface area contributed by atoms with Gasteiger partial charge in [0.1, 0.15) is 0 Å². The molecule has 5 rings (SSSR count). The maximum Gasteiger partial charge on any atom is 0.228 e. The van der Waals surface area contributed by atoms with E-state index in [1.165, 1.54) is 12.8 Å². The van der Waals surface area contributed by atoms with Gasteiger partial charge in [-0.3, -0.25) is 9.59 Å². The lowest BCUT2D eigenvalue weighted by Crippen LogP contribution is -2.37. The summed E-state index contributed by atoms with van der Waals surface area (Å²) in [7, 11) is 1.83. The molecule has 0 N–H and O–H groups in total. The van der Waals surface area contributed by atoms with Crippen LogP contribution in [-0.2, 0) is 16.1 Å². The van der Waals surface area contributed by atoms with Crippen molar-refractivity contribution in [3.63, 3.8) is 0 Å². The third-order valence-electron chi connectivity index (χ3n) is 6.91. The Kier molecular flexibility index (Phi) is 5.99. The molecule has 33 heavy (non-hydrogen) atoms. The highest BCUT2D eigenvalue weighted by Crippen LogP contribution is 2.31. The summed E-state index contributed by atoms with van der Waals surface area (Å²) in [5.74, 6) is -0.0849. The van der Waals surface area contributed by atoms with Gasteiger partial charge in [-0.2, -0.15) is 5.10 Å². The van der Waals surface area contributed by atoms with Crippen LogP contribution in [0.25, 0.3) is 16.9 Å². The molecule has 2 aliphatic rings. The zero-order chi connectivity index (χ0) is 22.8. The van der Waals surface area contributed by atoms with Crippen molar-refractivity contribution in [2.75, 3.05) is 13.6 Å². The lowest BCUT2D eigenvalue weighted by atomic mass is 10.1. The largest absolute Gasteiger partial charge is 0.341 e. The van der Waals surface area contributed by atoms with Crippen LogP contribution < -0.4 is 0 Å². The highest BCUT2D eigenvalue weighted by atomic mass is 16.2. The van der Waals surface area contributed by atoms with Crippen LogP contribution in [-0.4, -0.2) is 51.0 Å². The van der Waals surface area contributed by atoms with E-state index in [1.54, 1.807) is 4.90 Å². The molecule has 1 aliphatic heterocycles. The summed E-state index contributed by atoms with van der Waals surface area (Å²) in [5.41, 5.74) is 3.85. The summed E-state index contributed by atoms with van der Waals surface area (Å²) in [4.78, 5) is 29.6. The Hall–Kier alpha value is -3.41. The Labute approximate surface area is 194 Å². The number of carbonyl (C=O) groups excluding carboxylic acids is 2. The van der Waals surface area contributed by atoms with E-state index in [1.807, 2.05) is 83.5 Å². The third-order valence-corrected chi connectivity index (χ3v) is 6.91. The van der Waals surface area contributed by atoms with Gasteiger partial charge in [-0.25, -0.2) is 4.68 Å². The molecule has 3 aromatic rings. The van der Waals surface area contributed by atoms with Gasteiger partial charge in [0.25, 0.3) is 0 Å². The van der Waals surface area contributed by atoms with Crippen LogP contribution in [0.4, 0.5) is 0 Å². The van der Waals surface area contributed by atoms with Gasteiger partial charge in [-0.15, -0.1) is 0 Å². The van der Waals surface area contributed by atoms with Crippen molar-refractivity contribution < 1.29 is 9.59 Å². The topological polar surface area (TPSA) is 58.4 Å². The van der Waals surface area contributed by atoms with Crippen LogP contribution >= 0.6 is 0 Å². The zero-order valence-electron chi connectivity index (χ0n) is 19.1. The maximum atomic E-state index is 13.3. The molecular weight excluding hydrogens is 412 g/mol.